The summed E-state index contributed by atoms with van der Waals surface area (Å²) in [4.78, 5) is 19.1. The number of nitrogens with zero attached hydrogens (tertiary/aromatic N) is 2. The maximum Gasteiger partial charge on any atom is 0.354 e. The Morgan fingerprint density at radius 2 is 2.06 bits per heavy atom. The van der Waals surface area contributed by atoms with E-state index in [4.69, 9.17) is 4.42 Å². The molecule has 0 aliphatic rings. The molecule has 0 spiro atoms. The zero-order valence-corrected chi connectivity index (χ0v) is 9.20. The number of rotatable bonds is 1. The molecule has 2 heterocycles. The number of phenols is 1. The molecule has 0 atom stereocenters. The first kappa shape index (κ1) is 10.5. The van der Waals surface area contributed by atoms with Crippen LogP contribution in [0.15, 0.2) is 52.1 Å². The van der Waals surface area contributed by atoms with Crippen LogP contribution in [0.5, 0.6) is 5.75 Å². The van der Waals surface area contributed by atoms with Gasteiger partial charge in [-0.2, -0.15) is 0 Å². The van der Waals surface area contributed by atoms with Gasteiger partial charge in [0.25, 0.3) is 0 Å². The summed E-state index contributed by atoms with van der Waals surface area (Å²) in [5.74, 6) is 0.0440. The maximum absolute atomic E-state index is 10.9. The van der Waals surface area contributed by atoms with E-state index in [1.165, 1.54) is 6.26 Å². The first-order valence-corrected chi connectivity index (χ1v) is 5.27. The lowest BCUT2D eigenvalue weighted by atomic mass is 10.1. The van der Waals surface area contributed by atoms with Crippen molar-refractivity contribution in [1.29, 1.82) is 0 Å². The van der Waals surface area contributed by atoms with Gasteiger partial charge in [0.1, 0.15) is 23.9 Å². The minimum absolute atomic E-state index is 0.0440. The summed E-state index contributed by atoms with van der Waals surface area (Å²) in [5.41, 5.74) is 0.901. The average Bonchev–Trinajstić information content (AvgIpc) is 2.40. The van der Waals surface area contributed by atoms with Gasteiger partial charge in [-0.05, 0) is 18.2 Å². The highest BCUT2D eigenvalue weighted by Crippen LogP contribution is 2.33. The quantitative estimate of drug-likeness (QED) is 0.703. The predicted molar refractivity (Wildman–Crippen MR) is 65.2 cm³/mol. The molecule has 2 aromatic heterocycles. The molecule has 0 aliphatic heterocycles. The van der Waals surface area contributed by atoms with Crippen LogP contribution < -0.4 is 5.63 Å². The molecule has 3 rings (SSSR count). The van der Waals surface area contributed by atoms with Crippen LogP contribution in [0.1, 0.15) is 0 Å². The third-order valence-corrected chi connectivity index (χ3v) is 2.60. The Morgan fingerprint density at radius 1 is 1.17 bits per heavy atom. The molecule has 0 amide bonds. The summed E-state index contributed by atoms with van der Waals surface area (Å²) in [6, 6.07) is 7.01. The zero-order valence-electron chi connectivity index (χ0n) is 9.20. The Kier molecular flexibility index (Phi) is 2.30. The van der Waals surface area contributed by atoms with Crippen LogP contribution in [0.25, 0.3) is 22.2 Å². The highest BCUT2D eigenvalue weighted by molar-refractivity contribution is 5.95. The molecule has 0 saturated carbocycles. The molecule has 88 valence electrons. The van der Waals surface area contributed by atoms with E-state index in [1.807, 2.05) is 12.1 Å². The first-order chi connectivity index (χ1) is 8.75. The predicted octanol–water partition coefficient (Wildman–Crippen LogP) is 1.96. The third-order valence-electron chi connectivity index (χ3n) is 2.60. The van der Waals surface area contributed by atoms with E-state index in [2.05, 4.69) is 9.97 Å². The van der Waals surface area contributed by atoms with Crippen molar-refractivity contribution >= 4 is 10.9 Å². The summed E-state index contributed by atoms with van der Waals surface area (Å²) in [5, 5.41) is 10.8. The lowest BCUT2D eigenvalue weighted by Crippen LogP contribution is -1.98. The Morgan fingerprint density at radius 3 is 2.83 bits per heavy atom. The highest BCUT2D eigenvalue weighted by Gasteiger charge is 2.12. The molecule has 1 aromatic carbocycles. The van der Waals surface area contributed by atoms with Crippen molar-refractivity contribution in [2.75, 3.05) is 0 Å². The minimum atomic E-state index is -0.536. The molecular formula is C13H8N2O3. The minimum Gasteiger partial charge on any atom is -0.507 e. The van der Waals surface area contributed by atoms with Crippen LogP contribution in [0, 0.1) is 0 Å². The number of aromatic nitrogens is 2. The molecule has 0 radical (unpaired) electrons. The van der Waals surface area contributed by atoms with Crippen LogP contribution >= 0.6 is 0 Å². The Balaban J connectivity index is 2.37. The smallest absolute Gasteiger partial charge is 0.354 e. The number of aromatic hydroxyl groups is 1. The molecule has 0 unspecified atom stereocenters. The topological polar surface area (TPSA) is 76.2 Å². The number of benzene rings is 1. The summed E-state index contributed by atoms with van der Waals surface area (Å²) in [6.07, 6.45) is 3.91. The molecule has 18 heavy (non-hydrogen) atoms. The van der Waals surface area contributed by atoms with E-state index in [1.54, 1.807) is 18.3 Å². The van der Waals surface area contributed by atoms with Crippen LogP contribution in [-0.2, 0) is 0 Å². The van der Waals surface area contributed by atoms with Gasteiger partial charge < -0.3 is 9.52 Å². The molecule has 0 aliphatic carbocycles. The monoisotopic (exact) mass is 240 g/mol. The van der Waals surface area contributed by atoms with E-state index in [9.17, 15) is 9.90 Å². The summed E-state index contributed by atoms with van der Waals surface area (Å²) < 4.78 is 4.76. The van der Waals surface area contributed by atoms with Crippen molar-refractivity contribution < 1.29 is 9.52 Å². The standard InChI is InChI=1S/C13H8N2O3/c16-10-4-3-8-2-1-5-14-13(8)12(10)9-7-18-11(17)6-15-9/h1-7,16H. The van der Waals surface area contributed by atoms with Gasteiger partial charge in [-0.1, -0.05) is 6.07 Å². The fourth-order valence-corrected chi connectivity index (χ4v) is 1.81. The van der Waals surface area contributed by atoms with E-state index in [0.29, 0.717) is 16.8 Å². The normalized spacial score (nSPS) is 10.7. The molecular weight excluding hydrogens is 232 g/mol. The van der Waals surface area contributed by atoms with E-state index in [0.717, 1.165) is 11.6 Å². The van der Waals surface area contributed by atoms with Crippen LogP contribution in [0.4, 0.5) is 0 Å². The van der Waals surface area contributed by atoms with Gasteiger partial charge in [0.05, 0.1) is 11.1 Å². The van der Waals surface area contributed by atoms with Gasteiger partial charge >= 0.3 is 5.63 Å². The Labute approximate surface area is 101 Å². The second-order valence-corrected chi connectivity index (χ2v) is 3.73. The van der Waals surface area contributed by atoms with Gasteiger partial charge in [0.2, 0.25) is 0 Å². The van der Waals surface area contributed by atoms with Gasteiger partial charge in [-0.25, -0.2) is 9.78 Å². The summed E-state index contributed by atoms with van der Waals surface area (Å²) >= 11 is 0. The SMILES string of the molecule is O=c1cnc(-c2c(O)ccc3cccnc23)co1. The lowest BCUT2D eigenvalue weighted by molar-refractivity contribution is 0.475. The zero-order chi connectivity index (χ0) is 12.5. The maximum atomic E-state index is 10.9. The number of pyridine rings is 1. The van der Waals surface area contributed by atoms with E-state index in [-0.39, 0.29) is 5.75 Å². The molecule has 0 fully saturated rings. The van der Waals surface area contributed by atoms with Crippen molar-refractivity contribution in [2.24, 2.45) is 0 Å². The molecule has 1 N–H and O–H groups in total. The first-order valence-electron chi connectivity index (χ1n) is 5.27. The Hall–Kier alpha value is -2.69. The molecule has 3 aromatic rings. The van der Waals surface area contributed by atoms with Gasteiger partial charge in [-0.3, -0.25) is 4.98 Å². The summed E-state index contributed by atoms with van der Waals surface area (Å²) in [6.45, 7) is 0. The molecule has 5 nitrogen and oxygen atoms in total. The van der Waals surface area contributed by atoms with Crippen molar-refractivity contribution in [2.45, 2.75) is 0 Å². The van der Waals surface area contributed by atoms with Crippen LogP contribution in [-0.4, -0.2) is 15.1 Å². The molecule has 5 heteroatoms. The third kappa shape index (κ3) is 1.62. The second kappa shape index (κ2) is 3.96. The summed E-state index contributed by atoms with van der Waals surface area (Å²) in [7, 11) is 0. The highest BCUT2D eigenvalue weighted by atomic mass is 16.4. The van der Waals surface area contributed by atoms with E-state index >= 15 is 0 Å². The van der Waals surface area contributed by atoms with Gasteiger partial charge in [0.15, 0.2) is 0 Å². The largest absolute Gasteiger partial charge is 0.507 e. The second-order valence-electron chi connectivity index (χ2n) is 3.73. The number of phenolic OH excluding ortho intramolecular Hbond substituents is 1. The van der Waals surface area contributed by atoms with E-state index < -0.39 is 5.63 Å². The Bertz CT molecular complexity index is 760. The van der Waals surface area contributed by atoms with Gasteiger partial charge in [-0.15, -0.1) is 0 Å². The van der Waals surface area contributed by atoms with Crippen molar-refractivity contribution in [3.8, 4) is 17.0 Å². The van der Waals surface area contributed by atoms with Crippen molar-refractivity contribution in [3.63, 3.8) is 0 Å². The fraction of sp³-hybridized carbons (Fsp3) is 0. The number of hydrogen-bond acceptors (Lipinski definition) is 5. The molecule has 0 bridgehead atoms. The lowest BCUT2D eigenvalue weighted by Gasteiger charge is -2.06. The van der Waals surface area contributed by atoms with Crippen LogP contribution in [0.3, 0.4) is 0 Å². The number of hydrogen-bond donors (Lipinski definition) is 1. The molecule has 0 saturated heterocycles. The average molecular weight is 240 g/mol. The van der Waals surface area contributed by atoms with Gasteiger partial charge in [0, 0.05) is 11.6 Å². The van der Waals surface area contributed by atoms with Crippen molar-refractivity contribution in [1.82, 2.24) is 9.97 Å². The number of fused-ring (bicyclic) bond motifs is 1. The fourth-order valence-electron chi connectivity index (χ4n) is 1.81. The van der Waals surface area contributed by atoms with Crippen molar-refractivity contribution in [3.05, 3.63) is 53.3 Å². The van der Waals surface area contributed by atoms with Crippen LogP contribution in [0.2, 0.25) is 0 Å².